The van der Waals surface area contributed by atoms with Crippen molar-refractivity contribution in [1.82, 2.24) is 4.57 Å². The molecule has 3 nitrogen and oxygen atoms in total. The second-order valence-electron chi connectivity index (χ2n) is 5.43. The normalized spacial score (nSPS) is 15.7. The van der Waals surface area contributed by atoms with E-state index in [4.69, 9.17) is 5.73 Å². The Morgan fingerprint density at radius 1 is 1.05 bits per heavy atom. The Morgan fingerprint density at radius 3 is 2.40 bits per heavy atom. The van der Waals surface area contributed by atoms with Gasteiger partial charge in [0.1, 0.15) is 0 Å². The standard InChI is InChI=1S/C17H20N2O/c18-12-14-10-11-16(13-6-2-1-3-7-13)19(17(14)20)15-8-4-5-9-15/h1-3,6-7,10-11,15H,4-5,8-9,12,18H2. The maximum atomic E-state index is 12.7. The number of aromatic nitrogens is 1. The molecule has 1 aromatic carbocycles. The highest BCUT2D eigenvalue weighted by atomic mass is 16.1. The molecule has 1 saturated carbocycles. The third-order valence-electron chi connectivity index (χ3n) is 4.17. The van der Waals surface area contributed by atoms with Crippen molar-refractivity contribution < 1.29 is 0 Å². The molecular formula is C17H20N2O. The molecule has 1 heterocycles. The molecule has 2 N–H and O–H groups in total. The van der Waals surface area contributed by atoms with Gasteiger partial charge in [0.15, 0.2) is 0 Å². The van der Waals surface area contributed by atoms with E-state index in [1.807, 2.05) is 34.9 Å². The van der Waals surface area contributed by atoms with Crippen molar-refractivity contribution in [2.24, 2.45) is 5.73 Å². The van der Waals surface area contributed by atoms with Crippen molar-refractivity contribution in [2.45, 2.75) is 38.3 Å². The summed E-state index contributed by atoms with van der Waals surface area (Å²) in [7, 11) is 0. The number of benzene rings is 1. The van der Waals surface area contributed by atoms with Gasteiger partial charge in [-0.25, -0.2) is 0 Å². The third-order valence-corrected chi connectivity index (χ3v) is 4.17. The summed E-state index contributed by atoms with van der Waals surface area (Å²) in [6.07, 6.45) is 4.60. The lowest BCUT2D eigenvalue weighted by Crippen LogP contribution is -2.29. The van der Waals surface area contributed by atoms with Gasteiger partial charge in [-0.05, 0) is 24.5 Å². The number of nitrogens with two attached hydrogens (primary N) is 1. The fourth-order valence-corrected chi connectivity index (χ4v) is 3.12. The lowest BCUT2D eigenvalue weighted by molar-refractivity contribution is 0.504. The molecule has 1 aromatic heterocycles. The molecule has 1 aliphatic rings. The predicted molar refractivity (Wildman–Crippen MR) is 81.5 cm³/mol. The van der Waals surface area contributed by atoms with Gasteiger partial charge >= 0.3 is 0 Å². The van der Waals surface area contributed by atoms with Crippen LogP contribution in [0.15, 0.2) is 47.3 Å². The van der Waals surface area contributed by atoms with Gasteiger partial charge < -0.3 is 10.3 Å². The molecule has 0 amide bonds. The minimum absolute atomic E-state index is 0.0840. The van der Waals surface area contributed by atoms with E-state index >= 15 is 0 Å². The fraction of sp³-hybridized carbons (Fsp3) is 0.353. The summed E-state index contributed by atoms with van der Waals surface area (Å²) >= 11 is 0. The topological polar surface area (TPSA) is 48.0 Å². The summed E-state index contributed by atoms with van der Waals surface area (Å²) in [5.74, 6) is 0. The Balaban J connectivity index is 2.19. The van der Waals surface area contributed by atoms with Gasteiger partial charge in [-0.3, -0.25) is 4.79 Å². The average molecular weight is 268 g/mol. The largest absolute Gasteiger partial charge is 0.326 e. The fourth-order valence-electron chi connectivity index (χ4n) is 3.12. The zero-order valence-electron chi connectivity index (χ0n) is 11.6. The first kappa shape index (κ1) is 13.1. The van der Waals surface area contributed by atoms with Gasteiger partial charge in [0.05, 0.1) is 5.69 Å². The second kappa shape index (κ2) is 5.63. The monoisotopic (exact) mass is 268 g/mol. The molecule has 0 saturated heterocycles. The van der Waals surface area contributed by atoms with E-state index in [-0.39, 0.29) is 5.56 Å². The van der Waals surface area contributed by atoms with E-state index < -0.39 is 0 Å². The van der Waals surface area contributed by atoms with Crippen molar-refractivity contribution in [3.63, 3.8) is 0 Å². The summed E-state index contributed by atoms with van der Waals surface area (Å²) in [4.78, 5) is 12.7. The molecule has 3 heteroatoms. The number of hydrogen-bond acceptors (Lipinski definition) is 2. The number of pyridine rings is 1. The minimum atomic E-state index is 0.0840. The van der Waals surface area contributed by atoms with Crippen LogP contribution in [0.25, 0.3) is 11.3 Å². The molecule has 0 spiro atoms. The minimum Gasteiger partial charge on any atom is -0.326 e. The third kappa shape index (κ3) is 2.29. The number of hydrogen-bond donors (Lipinski definition) is 1. The molecule has 104 valence electrons. The predicted octanol–water partition coefficient (Wildman–Crippen LogP) is 3.09. The molecule has 1 fully saturated rings. The molecule has 1 aliphatic carbocycles. The quantitative estimate of drug-likeness (QED) is 0.930. The lowest BCUT2D eigenvalue weighted by atomic mass is 10.1. The zero-order valence-corrected chi connectivity index (χ0v) is 11.6. The van der Waals surface area contributed by atoms with Gasteiger partial charge in [0, 0.05) is 18.2 Å². The first-order valence-electron chi connectivity index (χ1n) is 7.31. The van der Waals surface area contributed by atoms with Crippen LogP contribution in [-0.4, -0.2) is 4.57 Å². The summed E-state index contributed by atoms with van der Waals surface area (Å²) in [5, 5.41) is 0. The maximum absolute atomic E-state index is 12.7. The highest BCUT2D eigenvalue weighted by molar-refractivity contribution is 5.60. The van der Waals surface area contributed by atoms with Crippen LogP contribution in [0, 0.1) is 0 Å². The van der Waals surface area contributed by atoms with Gasteiger partial charge in [0.25, 0.3) is 5.56 Å². The lowest BCUT2D eigenvalue weighted by Gasteiger charge is -2.20. The highest BCUT2D eigenvalue weighted by Crippen LogP contribution is 2.32. The van der Waals surface area contributed by atoms with Crippen LogP contribution >= 0.6 is 0 Å². The van der Waals surface area contributed by atoms with Crippen molar-refractivity contribution in [3.05, 3.63) is 58.4 Å². The van der Waals surface area contributed by atoms with Gasteiger partial charge in [-0.1, -0.05) is 49.2 Å². The summed E-state index contributed by atoms with van der Waals surface area (Å²) in [6, 6.07) is 14.4. The Hall–Kier alpha value is -1.87. The van der Waals surface area contributed by atoms with E-state index in [1.165, 1.54) is 12.8 Å². The number of nitrogens with zero attached hydrogens (tertiary/aromatic N) is 1. The van der Waals surface area contributed by atoms with Crippen LogP contribution in [-0.2, 0) is 6.54 Å². The molecule has 0 atom stereocenters. The molecule has 0 unspecified atom stereocenters. The second-order valence-corrected chi connectivity index (χ2v) is 5.43. The first-order chi connectivity index (χ1) is 9.81. The van der Waals surface area contributed by atoms with Crippen LogP contribution in [0.1, 0.15) is 37.3 Å². The van der Waals surface area contributed by atoms with Gasteiger partial charge in [0.2, 0.25) is 0 Å². The van der Waals surface area contributed by atoms with Crippen LogP contribution in [0.4, 0.5) is 0 Å². The van der Waals surface area contributed by atoms with Crippen molar-refractivity contribution in [3.8, 4) is 11.3 Å². The Bertz CT molecular complexity index is 640. The smallest absolute Gasteiger partial charge is 0.255 e. The number of rotatable bonds is 3. The SMILES string of the molecule is NCc1ccc(-c2ccccc2)n(C2CCCC2)c1=O. The van der Waals surface area contributed by atoms with Crippen LogP contribution in [0.2, 0.25) is 0 Å². The van der Waals surface area contributed by atoms with Gasteiger partial charge in [-0.2, -0.15) is 0 Å². The van der Waals surface area contributed by atoms with E-state index in [1.54, 1.807) is 0 Å². The maximum Gasteiger partial charge on any atom is 0.255 e. The van der Waals surface area contributed by atoms with Crippen molar-refractivity contribution in [1.29, 1.82) is 0 Å². The molecular weight excluding hydrogens is 248 g/mol. The molecule has 0 radical (unpaired) electrons. The van der Waals surface area contributed by atoms with Gasteiger partial charge in [-0.15, -0.1) is 0 Å². The van der Waals surface area contributed by atoms with Crippen molar-refractivity contribution in [2.75, 3.05) is 0 Å². The van der Waals surface area contributed by atoms with E-state index in [0.29, 0.717) is 18.2 Å². The van der Waals surface area contributed by atoms with E-state index in [2.05, 4.69) is 12.1 Å². The molecule has 20 heavy (non-hydrogen) atoms. The van der Waals surface area contributed by atoms with E-state index in [0.717, 1.165) is 24.1 Å². The Labute approximate surface area is 119 Å². The Morgan fingerprint density at radius 2 is 1.75 bits per heavy atom. The van der Waals surface area contributed by atoms with Crippen LogP contribution in [0.3, 0.4) is 0 Å². The molecule has 2 aromatic rings. The van der Waals surface area contributed by atoms with Crippen LogP contribution < -0.4 is 11.3 Å². The average Bonchev–Trinajstić information content (AvgIpc) is 3.01. The van der Waals surface area contributed by atoms with Crippen molar-refractivity contribution >= 4 is 0 Å². The molecule has 0 aliphatic heterocycles. The summed E-state index contributed by atoms with van der Waals surface area (Å²) < 4.78 is 1.98. The zero-order chi connectivity index (χ0) is 13.9. The Kier molecular flexibility index (Phi) is 3.70. The first-order valence-corrected chi connectivity index (χ1v) is 7.31. The summed E-state index contributed by atoms with van der Waals surface area (Å²) in [6.45, 7) is 0.306. The molecule has 0 bridgehead atoms. The van der Waals surface area contributed by atoms with E-state index in [9.17, 15) is 4.79 Å². The highest BCUT2D eigenvalue weighted by Gasteiger charge is 2.21. The van der Waals surface area contributed by atoms with Crippen LogP contribution in [0.5, 0.6) is 0 Å². The summed E-state index contributed by atoms with van der Waals surface area (Å²) in [5.41, 5.74) is 8.59. The molecule has 3 rings (SSSR count).